The number of methoxy groups -OCH3 is 3. The molecule has 8 nitrogen and oxygen atoms in total. The summed E-state index contributed by atoms with van der Waals surface area (Å²) >= 11 is 0. The van der Waals surface area contributed by atoms with Gasteiger partial charge in [-0.2, -0.15) is 0 Å². The molecule has 0 aromatic heterocycles. The Morgan fingerprint density at radius 2 is 1.56 bits per heavy atom. The zero-order chi connectivity index (χ0) is 24.4. The van der Waals surface area contributed by atoms with Crippen LogP contribution in [0.2, 0.25) is 0 Å². The van der Waals surface area contributed by atoms with Crippen molar-refractivity contribution in [3.8, 4) is 23.0 Å². The molecule has 34 heavy (non-hydrogen) atoms. The van der Waals surface area contributed by atoms with Gasteiger partial charge in [0.2, 0.25) is 0 Å². The normalized spacial score (nSPS) is 17.0. The minimum atomic E-state index is -0.944. The molecular formula is C26H23NO7. The summed E-state index contributed by atoms with van der Waals surface area (Å²) in [6.07, 6.45) is 0. The number of aliphatic hydroxyl groups excluding tert-OH is 1. The largest absolute Gasteiger partial charge is 0.508 e. The molecular weight excluding hydrogens is 438 g/mol. The average molecular weight is 461 g/mol. The monoisotopic (exact) mass is 461 g/mol. The quantitative estimate of drug-likeness (QED) is 0.324. The second-order valence-electron chi connectivity index (χ2n) is 7.53. The first kappa shape index (κ1) is 22.7. The maximum absolute atomic E-state index is 13.2. The van der Waals surface area contributed by atoms with E-state index in [0.717, 1.165) is 0 Å². The van der Waals surface area contributed by atoms with E-state index >= 15 is 0 Å². The van der Waals surface area contributed by atoms with E-state index in [0.29, 0.717) is 28.5 Å². The number of phenols is 1. The van der Waals surface area contributed by atoms with Crippen LogP contribution in [0.1, 0.15) is 17.2 Å². The number of aliphatic hydroxyl groups is 1. The van der Waals surface area contributed by atoms with Gasteiger partial charge in [0.25, 0.3) is 11.7 Å². The molecule has 0 bridgehead atoms. The van der Waals surface area contributed by atoms with Crippen LogP contribution in [0.4, 0.5) is 5.69 Å². The fourth-order valence-corrected chi connectivity index (χ4v) is 3.97. The Labute approximate surface area is 196 Å². The van der Waals surface area contributed by atoms with E-state index in [1.54, 1.807) is 48.5 Å². The number of Topliss-reactive ketones (excluding diaryl/α,β-unsaturated/α-hetero) is 1. The summed E-state index contributed by atoms with van der Waals surface area (Å²) in [5, 5.41) is 21.0. The Kier molecular flexibility index (Phi) is 6.14. The summed E-state index contributed by atoms with van der Waals surface area (Å²) in [4.78, 5) is 27.8. The highest BCUT2D eigenvalue weighted by molar-refractivity contribution is 6.51. The number of ether oxygens (including phenoxy) is 3. The van der Waals surface area contributed by atoms with E-state index < -0.39 is 17.7 Å². The van der Waals surface area contributed by atoms with E-state index in [2.05, 4.69) is 0 Å². The molecule has 8 heteroatoms. The molecule has 3 aromatic rings. The predicted molar refractivity (Wildman–Crippen MR) is 125 cm³/mol. The number of phenolic OH excluding ortho intramolecular Hbond substituents is 1. The lowest BCUT2D eigenvalue weighted by molar-refractivity contribution is -0.132. The molecule has 3 aromatic carbocycles. The van der Waals surface area contributed by atoms with Crippen molar-refractivity contribution in [1.29, 1.82) is 0 Å². The second-order valence-corrected chi connectivity index (χ2v) is 7.53. The topological polar surface area (TPSA) is 106 Å². The van der Waals surface area contributed by atoms with Gasteiger partial charge >= 0.3 is 0 Å². The number of amides is 1. The third kappa shape index (κ3) is 3.90. The van der Waals surface area contributed by atoms with Gasteiger partial charge in [0.1, 0.15) is 17.3 Å². The molecule has 1 saturated heterocycles. The zero-order valence-corrected chi connectivity index (χ0v) is 18.8. The van der Waals surface area contributed by atoms with Crippen molar-refractivity contribution in [2.24, 2.45) is 0 Å². The van der Waals surface area contributed by atoms with Crippen molar-refractivity contribution in [2.75, 3.05) is 26.2 Å². The number of aromatic hydroxyl groups is 1. The number of carbonyl (C=O) groups is 2. The summed E-state index contributed by atoms with van der Waals surface area (Å²) in [5.74, 6) is -0.657. The Morgan fingerprint density at radius 1 is 0.853 bits per heavy atom. The van der Waals surface area contributed by atoms with E-state index in [-0.39, 0.29) is 22.6 Å². The Morgan fingerprint density at radius 3 is 2.21 bits per heavy atom. The number of hydrogen-bond acceptors (Lipinski definition) is 7. The molecule has 0 spiro atoms. The molecule has 1 atom stereocenters. The molecule has 1 aliphatic rings. The molecule has 4 rings (SSSR count). The second kappa shape index (κ2) is 9.19. The maximum Gasteiger partial charge on any atom is 0.300 e. The Bertz CT molecular complexity index is 1280. The molecule has 2 N–H and O–H groups in total. The van der Waals surface area contributed by atoms with Gasteiger partial charge in [-0.05, 0) is 48.0 Å². The molecule has 1 heterocycles. The number of ketones is 1. The van der Waals surface area contributed by atoms with Crippen LogP contribution in [0.25, 0.3) is 5.76 Å². The first-order chi connectivity index (χ1) is 16.4. The van der Waals surface area contributed by atoms with E-state index in [4.69, 9.17) is 14.2 Å². The van der Waals surface area contributed by atoms with Gasteiger partial charge in [-0.1, -0.05) is 18.2 Å². The number of rotatable bonds is 6. The fraction of sp³-hybridized carbons (Fsp3) is 0.154. The summed E-state index contributed by atoms with van der Waals surface area (Å²) in [6, 6.07) is 16.6. The first-order valence-electron chi connectivity index (χ1n) is 10.4. The molecule has 0 radical (unpaired) electrons. The lowest BCUT2D eigenvalue weighted by Crippen LogP contribution is -2.29. The fourth-order valence-electron chi connectivity index (χ4n) is 3.97. The van der Waals surface area contributed by atoms with Crippen molar-refractivity contribution < 1.29 is 34.0 Å². The molecule has 1 aliphatic heterocycles. The van der Waals surface area contributed by atoms with Gasteiger partial charge < -0.3 is 24.4 Å². The number of benzene rings is 3. The van der Waals surface area contributed by atoms with Gasteiger partial charge in [-0.25, -0.2) is 0 Å². The highest BCUT2D eigenvalue weighted by Gasteiger charge is 2.47. The summed E-state index contributed by atoms with van der Waals surface area (Å²) in [6.45, 7) is 0. The minimum Gasteiger partial charge on any atom is -0.508 e. The van der Waals surface area contributed by atoms with Gasteiger partial charge in [-0.15, -0.1) is 0 Å². The summed E-state index contributed by atoms with van der Waals surface area (Å²) in [7, 11) is 4.45. The summed E-state index contributed by atoms with van der Waals surface area (Å²) < 4.78 is 15.8. The van der Waals surface area contributed by atoms with E-state index in [1.807, 2.05) is 0 Å². The third-order valence-corrected chi connectivity index (χ3v) is 5.64. The maximum atomic E-state index is 13.2. The molecule has 174 valence electrons. The van der Waals surface area contributed by atoms with Crippen LogP contribution >= 0.6 is 0 Å². The van der Waals surface area contributed by atoms with Crippen molar-refractivity contribution in [2.45, 2.75) is 6.04 Å². The van der Waals surface area contributed by atoms with Crippen LogP contribution in [-0.4, -0.2) is 43.2 Å². The van der Waals surface area contributed by atoms with Crippen LogP contribution in [0.15, 0.2) is 72.3 Å². The molecule has 1 amide bonds. The van der Waals surface area contributed by atoms with Crippen LogP contribution in [-0.2, 0) is 9.59 Å². The molecule has 0 saturated carbocycles. The zero-order valence-electron chi connectivity index (χ0n) is 18.8. The summed E-state index contributed by atoms with van der Waals surface area (Å²) in [5.41, 5.74) is 1.14. The smallest absolute Gasteiger partial charge is 0.300 e. The van der Waals surface area contributed by atoms with Crippen molar-refractivity contribution in [3.63, 3.8) is 0 Å². The van der Waals surface area contributed by atoms with Crippen molar-refractivity contribution in [3.05, 3.63) is 83.4 Å². The first-order valence-corrected chi connectivity index (χ1v) is 10.4. The van der Waals surface area contributed by atoms with Crippen molar-refractivity contribution >= 4 is 23.1 Å². The minimum absolute atomic E-state index is 0.0296. The van der Waals surface area contributed by atoms with Gasteiger partial charge in [-0.3, -0.25) is 14.5 Å². The van der Waals surface area contributed by atoms with E-state index in [1.165, 1.54) is 44.4 Å². The standard InChI is InChI=1S/C26H23NO7/c1-32-19-6-4-5-17(14-19)27-23(15-7-10-18(28)11-8-15)22(25(30)26(27)31)24(29)16-9-12-20(33-2)21(13-16)34-3/h4-14,23,28-29H,1-3H3/b24-22+. The number of hydrogen-bond donors (Lipinski definition) is 2. The highest BCUT2D eigenvalue weighted by Crippen LogP contribution is 2.43. The number of nitrogens with zero attached hydrogens (tertiary/aromatic N) is 1. The van der Waals surface area contributed by atoms with Crippen molar-refractivity contribution in [1.82, 2.24) is 0 Å². The number of anilines is 1. The van der Waals surface area contributed by atoms with Gasteiger partial charge in [0.15, 0.2) is 11.5 Å². The lowest BCUT2D eigenvalue weighted by atomic mass is 9.95. The van der Waals surface area contributed by atoms with Gasteiger partial charge in [0, 0.05) is 17.3 Å². The van der Waals surface area contributed by atoms with Crippen LogP contribution in [0.5, 0.6) is 23.0 Å². The average Bonchev–Trinajstić information content (AvgIpc) is 3.13. The molecule has 1 fully saturated rings. The lowest BCUT2D eigenvalue weighted by Gasteiger charge is -2.25. The van der Waals surface area contributed by atoms with Crippen LogP contribution < -0.4 is 19.1 Å². The van der Waals surface area contributed by atoms with E-state index in [9.17, 15) is 19.8 Å². The highest BCUT2D eigenvalue weighted by atomic mass is 16.5. The number of carbonyl (C=O) groups excluding carboxylic acids is 2. The third-order valence-electron chi connectivity index (χ3n) is 5.64. The Hall–Kier alpha value is -4.46. The van der Waals surface area contributed by atoms with Crippen LogP contribution in [0.3, 0.4) is 0 Å². The SMILES string of the molecule is COc1cccc(N2C(=O)C(=O)/C(=C(/O)c3ccc(OC)c(OC)c3)C2c2ccc(O)cc2)c1. The Balaban J connectivity index is 1.94. The predicted octanol–water partition coefficient (Wildman–Crippen LogP) is 4.04. The molecule has 1 unspecified atom stereocenters. The molecule has 0 aliphatic carbocycles. The van der Waals surface area contributed by atoms with Gasteiger partial charge in [0.05, 0.1) is 32.9 Å². The van der Waals surface area contributed by atoms with Crippen LogP contribution in [0, 0.1) is 0 Å².